The fraction of sp³-hybridized carbons (Fsp3) is 0.150. The SMILES string of the molecule is Cc1c(Cl)cccc1NC(=O)NCCOc1ccc(-c2ccccc2)nn1. The van der Waals surface area contributed by atoms with Gasteiger partial charge in [0.05, 0.1) is 12.2 Å². The average Bonchev–Trinajstić information content (AvgIpc) is 2.70. The molecule has 2 N–H and O–H groups in total. The Labute approximate surface area is 162 Å². The van der Waals surface area contributed by atoms with Crippen molar-refractivity contribution in [3.8, 4) is 17.1 Å². The van der Waals surface area contributed by atoms with Crippen LogP contribution in [0.3, 0.4) is 0 Å². The molecule has 7 heteroatoms. The molecule has 0 spiro atoms. The van der Waals surface area contributed by atoms with Gasteiger partial charge in [0.2, 0.25) is 5.88 Å². The molecular formula is C20H19ClN4O2. The highest BCUT2D eigenvalue weighted by Gasteiger charge is 2.06. The lowest BCUT2D eigenvalue weighted by atomic mass is 10.1. The molecule has 0 aliphatic heterocycles. The Hall–Kier alpha value is -3.12. The first kappa shape index (κ1) is 18.7. The van der Waals surface area contributed by atoms with Crippen molar-refractivity contribution >= 4 is 23.3 Å². The number of carbonyl (C=O) groups is 1. The third-order valence-corrected chi connectivity index (χ3v) is 4.27. The molecule has 2 amide bonds. The summed E-state index contributed by atoms with van der Waals surface area (Å²) in [6.45, 7) is 2.45. The zero-order valence-electron chi connectivity index (χ0n) is 14.8. The number of nitrogens with one attached hydrogen (secondary N) is 2. The number of hydrogen-bond acceptors (Lipinski definition) is 4. The number of aromatic nitrogens is 2. The predicted molar refractivity (Wildman–Crippen MR) is 106 cm³/mol. The highest BCUT2D eigenvalue weighted by atomic mass is 35.5. The minimum atomic E-state index is -0.325. The summed E-state index contributed by atoms with van der Waals surface area (Å²) in [5.74, 6) is 0.405. The number of amides is 2. The smallest absolute Gasteiger partial charge is 0.319 e. The zero-order valence-corrected chi connectivity index (χ0v) is 15.5. The topological polar surface area (TPSA) is 76.1 Å². The Morgan fingerprint density at radius 1 is 1.04 bits per heavy atom. The minimum Gasteiger partial charge on any atom is -0.475 e. The van der Waals surface area contributed by atoms with Crippen LogP contribution < -0.4 is 15.4 Å². The number of urea groups is 1. The van der Waals surface area contributed by atoms with E-state index >= 15 is 0 Å². The van der Waals surface area contributed by atoms with Crippen LogP contribution >= 0.6 is 11.6 Å². The normalized spacial score (nSPS) is 10.3. The summed E-state index contributed by atoms with van der Waals surface area (Å²) >= 11 is 6.04. The maximum atomic E-state index is 11.9. The van der Waals surface area contributed by atoms with E-state index in [1.165, 1.54) is 0 Å². The molecular weight excluding hydrogens is 364 g/mol. The van der Waals surface area contributed by atoms with E-state index in [9.17, 15) is 4.79 Å². The number of ether oxygens (including phenoxy) is 1. The van der Waals surface area contributed by atoms with Gasteiger partial charge in [-0.15, -0.1) is 10.2 Å². The fourth-order valence-electron chi connectivity index (χ4n) is 2.39. The summed E-state index contributed by atoms with van der Waals surface area (Å²) in [5, 5.41) is 14.3. The molecule has 0 aliphatic rings. The van der Waals surface area contributed by atoms with Crippen LogP contribution in [0.1, 0.15) is 5.56 Å². The van der Waals surface area contributed by atoms with Crippen molar-refractivity contribution in [2.24, 2.45) is 0 Å². The van der Waals surface area contributed by atoms with Crippen molar-refractivity contribution in [3.63, 3.8) is 0 Å². The molecule has 0 saturated heterocycles. The Morgan fingerprint density at radius 3 is 2.59 bits per heavy atom. The van der Waals surface area contributed by atoms with E-state index in [2.05, 4.69) is 20.8 Å². The van der Waals surface area contributed by atoms with E-state index in [1.807, 2.05) is 43.3 Å². The molecule has 27 heavy (non-hydrogen) atoms. The second-order valence-electron chi connectivity index (χ2n) is 5.76. The number of halogens is 1. The Balaban J connectivity index is 1.43. The summed E-state index contributed by atoms with van der Waals surface area (Å²) in [7, 11) is 0. The number of carbonyl (C=O) groups excluding carboxylic acids is 1. The van der Waals surface area contributed by atoms with Crippen LogP contribution in [-0.2, 0) is 0 Å². The monoisotopic (exact) mass is 382 g/mol. The van der Waals surface area contributed by atoms with E-state index in [0.717, 1.165) is 16.8 Å². The van der Waals surface area contributed by atoms with Gasteiger partial charge in [0.25, 0.3) is 0 Å². The molecule has 138 valence electrons. The molecule has 1 heterocycles. The van der Waals surface area contributed by atoms with Gasteiger partial charge in [-0.05, 0) is 30.7 Å². The Kier molecular flexibility index (Phi) is 6.22. The van der Waals surface area contributed by atoms with E-state index < -0.39 is 0 Å². The van der Waals surface area contributed by atoms with Crippen LogP contribution in [0.5, 0.6) is 5.88 Å². The molecule has 0 fully saturated rings. The highest BCUT2D eigenvalue weighted by molar-refractivity contribution is 6.31. The molecule has 0 saturated carbocycles. The number of hydrogen-bond donors (Lipinski definition) is 2. The molecule has 0 bridgehead atoms. The van der Waals surface area contributed by atoms with Crippen molar-refractivity contribution < 1.29 is 9.53 Å². The van der Waals surface area contributed by atoms with Gasteiger partial charge in [-0.2, -0.15) is 0 Å². The van der Waals surface area contributed by atoms with Crippen LogP contribution in [0, 0.1) is 6.92 Å². The summed E-state index contributed by atoms with van der Waals surface area (Å²) in [6, 6.07) is 18.4. The van der Waals surface area contributed by atoms with E-state index in [-0.39, 0.29) is 12.6 Å². The van der Waals surface area contributed by atoms with E-state index in [1.54, 1.807) is 24.3 Å². The molecule has 3 rings (SSSR count). The van der Waals surface area contributed by atoms with Gasteiger partial charge in [0.15, 0.2) is 0 Å². The standard InChI is InChI=1S/C20H19ClN4O2/c1-14-16(21)8-5-9-17(14)23-20(26)22-12-13-27-19-11-10-18(24-25-19)15-6-3-2-4-7-15/h2-11H,12-13H2,1H3,(H2,22,23,26). The lowest BCUT2D eigenvalue weighted by molar-refractivity contribution is 0.246. The summed E-state index contributed by atoms with van der Waals surface area (Å²) in [4.78, 5) is 11.9. The van der Waals surface area contributed by atoms with Crippen LogP contribution in [0.25, 0.3) is 11.3 Å². The first-order valence-corrected chi connectivity index (χ1v) is 8.83. The molecule has 3 aromatic rings. The van der Waals surface area contributed by atoms with Crippen molar-refractivity contribution in [1.29, 1.82) is 0 Å². The van der Waals surface area contributed by atoms with Gasteiger partial charge in [0.1, 0.15) is 6.61 Å². The molecule has 0 atom stereocenters. The predicted octanol–water partition coefficient (Wildman–Crippen LogP) is 4.31. The van der Waals surface area contributed by atoms with Gasteiger partial charge in [-0.3, -0.25) is 0 Å². The molecule has 2 aromatic carbocycles. The van der Waals surface area contributed by atoms with E-state index in [4.69, 9.17) is 16.3 Å². The van der Waals surface area contributed by atoms with Crippen LogP contribution in [0.4, 0.5) is 10.5 Å². The first-order chi connectivity index (χ1) is 13.1. The van der Waals surface area contributed by atoms with Crippen molar-refractivity contribution in [3.05, 3.63) is 71.2 Å². The average molecular weight is 383 g/mol. The number of rotatable bonds is 6. The van der Waals surface area contributed by atoms with Gasteiger partial charge < -0.3 is 15.4 Å². The lowest BCUT2D eigenvalue weighted by Gasteiger charge is -2.11. The van der Waals surface area contributed by atoms with Gasteiger partial charge in [-0.1, -0.05) is 48.0 Å². The Morgan fingerprint density at radius 2 is 1.85 bits per heavy atom. The van der Waals surface area contributed by atoms with Gasteiger partial charge in [-0.25, -0.2) is 4.79 Å². The number of benzene rings is 2. The molecule has 0 aliphatic carbocycles. The second-order valence-corrected chi connectivity index (χ2v) is 6.17. The fourth-order valence-corrected chi connectivity index (χ4v) is 2.56. The van der Waals surface area contributed by atoms with E-state index in [0.29, 0.717) is 23.1 Å². The lowest BCUT2D eigenvalue weighted by Crippen LogP contribution is -2.32. The van der Waals surface area contributed by atoms with Crippen LogP contribution in [0.15, 0.2) is 60.7 Å². The molecule has 0 unspecified atom stereocenters. The summed E-state index contributed by atoms with van der Waals surface area (Å²) in [6.07, 6.45) is 0. The molecule has 6 nitrogen and oxygen atoms in total. The third-order valence-electron chi connectivity index (χ3n) is 3.86. The maximum Gasteiger partial charge on any atom is 0.319 e. The minimum absolute atomic E-state index is 0.279. The molecule has 1 aromatic heterocycles. The van der Waals surface area contributed by atoms with Crippen LogP contribution in [-0.4, -0.2) is 29.4 Å². The maximum absolute atomic E-state index is 11.9. The Bertz CT molecular complexity index is 902. The quantitative estimate of drug-likeness (QED) is 0.623. The van der Waals surface area contributed by atoms with Crippen LogP contribution in [0.2, 0.25) is 5.02 Å². The first-order valence-electron chi connectivity index (χ1n) is 8.45. The van der Waals surface area contributed by atoms with Crippen molar-refractivity contribution in [2.45, 2.75) is 6.92 Å². The van der Waals surface area contributed by atoms with Gasteiger partial charge in [0, 0.05) is 22.3 Å². The van der Waals surface area contributed by atoms with Gasteiger partial charge >= 0.3 is 6.03 Å². The summed E-state index contributed by atoms with van der Waals surface area (Å²) in [5.41, 5.74) is 3.26. The van der Waals surface area contributed by atoms with Crippen molar-refractivity contribution in [1.82, 2.24) is 15.5 Å². The third kappa shape index (κ3) is 5.18. The second kappa shape index (κ2) is 9.00. The highest BCUT2D eigenvalue weighted by Crippen LogP contribution is 2.22. The largest absolute Gasteiger partial charge is 0.475 e. The number of anilines is 1. The van der Waals surface area contributed by atoms with Crippen molar-refractivity contribution in [2.75, 3.05) is 18.5 Å². The number of nitrogens with zero attached hydrogens (tertiary/aromatic N) is 2. The summed E-state index contributed by atoms with van der Waals surface area (Å²) < 4.78 is 5.50. The molecule has 0 radical (unpaired) electrons. The zero-order chi connectivity index (χ0) is 19.1.